The van der Waals surface area contributed by atoms with Crippen LogP contribution in [0.5, 0.6) is 0 Å². The molecule has 0 saturated heterocycles. The number of benzene rings is 1. The summed E-state index contributed by atoms with van der Waals surface area (Å²) in [7, 11) is 0. The molecule has 0 aliphatic rings. The van der Waals surface area contributed by atoms with Gasteiger partial charge in [-0.15, -0.1) is 11.3 Å². The van der Waals surface area contributed by atoms with E-state index < -0.39 is 0 Å². The number of hydrogen-bond donors (Lipinski definition) is 2. The second-order valence-corrected chi connectivity index (χ2v) is 3.71. The molecule has 2 N–H and O–H groups in total. The Kier molecular flexibility index (Phi) is 2.47. The fourth-order valence-corrected chi connectivity index (χ4v) is 2.21. The van der Waals surface area contributed by atoms with Crippen LogP contribution in [0, 0.1) is 0 Å². The zero-order valence-corrected chi connectivity index (χ0v) is 7.97. The fraction of sp³-hybridized carbons (Fsp3) is 0.200. The topological polar surface area (TPSA) is 32.3 Å². The third kappa shape index (κ3) is 1.66. The van der Waals surface area contributed by atoms with E-state index in [4.69, 9.17) is 5.11 Å². The third-order valence-corrected chi connectivity index (χ3v) is 2.87. The highest BCUT2D eigenvalue weighted by atomic mass is 32.1. The summed E-state index contributed by atoms with van der Waals surface area (Å²) in [4.78, 5) is 0. The minimum Gasteiger partial charge on any atom is -0.395 e. The molecule has 1 aromatic heterocycles. The van der Waals surface area contributed by atoms with Crippen molar-refractivity contribution in [3.63, 3.8) is 0 Å². The first-order valence-corrected chi connectivity index (χ1v) is 5.11. The molecule has 2 nitrogen and oxygen atoms in total. The molecule has 2 aromatic rings. The highest BCUT2D eigenvalue weighted by molar-refractivity contribution is 7.17. The molecular weight excluding hydrogens is 182 g/mol. The minimum absolute atomic E-state index is 0.168. The van der Waals surface area contributed by atoms with E-state index in [1.165, 1.54) is 10.1 Å². The maximum absolute atomic E-state index is 8.69. The molecule has 13 heavy (non-hydrogen) atoms. The van der Waals surface area contributed by atoms with Gasteiger partial charge in [0.25, 0.3) is 0 Å². The van der Waals surface area contributed by atoms with E-state index in [9.17, 15) is 0 Å². The van der Waals surface area contributed by atoms with Crippen molar-refractivity contribution < 1.29 is 5.11 Å². The van der Waals surface area contributed by atoms with E-state index in [1.54, 1.807) is 11.3 Å². The molecule has 1 heterocycles. The van der Waals surface area contributed by atoms with Crippen molar-refractivity contribution in [2.75, 3.05) is 18.5 Å². The summed E-state index contributed by atoms with van der Waals surface area (Å²) in [5, 5.41) is 15.2. The molecule has 0 unspecified atom stereocenters. The van der Waals surface area contributed by atoms with Crippen LogP contribution in [-0.2, 0) is 0 Å². The molecule has 0 aliphatic carbocycles. The summed E-state index contributed by atoms with van der Waals surface area (Å²) in [6.07, 6.45) is 0. The summed E-state index contributed by atoms with van der Waals surface area (Å²) in [6.45, 7) is 0.777. The SMILES string of the molecule is OCCNc1cccc2ccsc12. The molecule has 0 spiro atoms. The number of fused-ring (bicyclic) bond motifs is 1. The second-order valence-electron chi connectivity index (χ2n) is 2.79. The van der Waals surface area contributed by atoms with Crippen molar-refractivity contribution in [1.82, 2.24) is 0 Å². The number of anilines is 1. The van der Waals surface area contributed by atoms with Crippen molar-refractivity contribution in [2.24, 2.45) is 0 Å². The lowest BCUT2D eigenvalue weighted by molar-refractivity contribution is 0.311. The van der Waals surface area contributed by atoms with Gasteiger partial charge in [0.05, 0.1) is 17.0 Å². The first-order valence-electron chi connectivity index (χ1n) is 4.23. The number of thiophene rings is 1. The molecule has 0 fully saturated rings. The predicted molar refractivity (Wildman–Crippen MR) is 57.4 cm³/mol. The van der Waals surface area contributed by atoms with Gasteiger partial charge in [0.2, 0.25) is 0 Å². The van der Waals surface area contributed by atoms with Crippen molar-refractivity contribution in [3.8, 4) is 0 Å². The molecule has 68 valence electrons. The van der Waals surface area contributed by atoms with E-state index in [0.29, 0.717) is 6.54 Å². The Balaban J connectivity index is 2.37. The van der Waals surface area contributed by atoms with Gasteiger partial charge in [0, 0.05) is 6.54 Å². The summed E-state index contributed by atoms with van der Waals surface area (Å²) < 4.78 is 1.26. The van der Waals surface area contributed by atoms with Gasteiger partial charge in [0.1, 0.15) is 0 Å². The Morgan fingerprint density at radius 1 is 1.31 bits per heavy atom. The smallest absolute Gasteiger partial charge is 0.0604 e. The van der Waals surface area contributed by atoms with Crippen LogP contribution in [0.3, 0.4) is 0 Å². The third-order valence-electron chi connectivity index (χ3n) is 1.91. The van der Waals surface area contributed by atoms with Crippen LogP contribution in [0.1, 0.15) is 0 Å². The quantitative estimate of drug-likeness (QED) is 0.784. The van der Waals surface area contributed by atoms with Crippen molar-refractivity contribution in [3.05, 3.63) is 29.6 Å². The molecule has 0 bridgehead atoms. The van der Waals surface area contributed by atoms with Gasteiger partial charge in [-0.3, -0.25) is 0 Å². The Hall–Kier alpha value is -1.06. The molecule has 0 amide bonds. The lowest BCUT2D eigenvalue weighted by Gasteiger charge is -2.04. The average Bonchev–Trinajstić information content (AvgIpc) is 2.62. The number of hydrogen-bond acceptors (Lipinski definition) is 3. The normalized spacial score (nSPS) is 10.5. The summed E-state index contributed by atoms with van der Waals surface area (Å²) in [6, 6.07) is 8.25. The van der Waals surface area contributed by atoms with Crippen LogP contribution >= 0.6 is 11.3 Å². The molecule has 0 aliphatic heterocycles. The van der Waals surface area contributed by atoms with Crippen LogP contribution < -0.4 is 5.32 Å². The number of aliphatic hydroxyl groups excluding tert-OH is 1. The van der Waals surface area contributed by atoms with Gasteiger partial charge in [-0.2, -0.15) is 0 Å². The average molecular weight is 193 g/mol. The highest BCUT2D eigenvalue weighted by Gasteiger charge is 1.99. The Morgan fingerprint density at radius 3 is 3.08 bits per heavy atom. The van der Waals surface area contributed by atoms with Crippen LogP contribution in [-0.4, -0.2) is 18.3 Å². The van der Waals surface area contributed by atoms with E-state index in [2.05, 4.69) is 22.8 Å². The van der Waals surface area contributed by atoms with Gasteiger partial charge in [-0.25, -0.2) is 0 Å². The van der Waals surface area contributed by atoms with Gasteiger partial charge in [0.15, 0.2) is 0 Å². The fourth-order valence-electron chi connectivity index (χ4n) is 1.32. The van der Waals surface area contributed by atoms with E-state index >= 15 is 0 Å². The summed E-state index contributed by atoms with van der Waals surface area (Å²) in [5.74, 6) is 0. The number of rotatable bonds is 3. The number of nitrogens with one attached hydrogen (secondary N) is 1. The largest absolute Gasteiger partial charge is 0.395 e. The van der Waals surface area contributed by atoms with Crippen molar-refractivity contribution in [2.45, 2.75) is 0 Å². The monoisotopic (exact) mass is 193 g/mol. The zero-order valence-electron chi connectivity index (χ0n) is 7.16. The summed E-state index contributed by atoms with van der Waals surface area (Å²) >= 11 is 1.72. The van der Waals surface area contributed by atoms with E-state index in [1.807, 2.05) is 12.1 Å². The van der Waals surface area contributed by atoms with E-state index in [-0.39, 0.29) is 6.61 Å². The van der Waals surface area contributed by atoms with Gasteiger partial charge in [-0.1, -0.05) is 12.1 Å². The predicted octanol–water partition coefficient (Wildman–Crippen LogP) is 2.31. The molecule has 0 radical (unpaired) electrons. The first kappa shape index (κ1) is 8.53. The molecule has 1 aromatic carbocycles. The standard InChI is InChI=1S/C10H11NOS/c12-6-5-11-9-3-1-2-8-4-7-13-10(8)9/h1-4,7,11-12H,5-6H2. The maximum atomic E-state index is 8.69. The summed E-state index contributed by atoms with van der Waals surface area (Å²) in [5.41, 5.74) is 1.11. The van der Waals surface area contributed by atoms with Gasteiger partial charge < -0.3 is 10.4 Å². The Morgan fingerprint density at radius 2 is 2.23 bits per heavy atom. The number of aliphatic hydroxyl groups is 1. The van der Waals surface area contributed by atoms with E-state index in [0.717, 1.165) is 5.69 Å². The van der Waals surface area contributed by atoms with Crippen LogP contribution in [0.4, 0.5) is 5.69 Å². The Bertz CT molecular complexity index is 396. The molecule has 2 rings (SSSR count). The maximum Gasteiger partial charge on any atom is 0.0604 e. The van der Waals surface area contributed by atoms with Crippen molar-refractivity contribution in [1.29, 1.82) is 0 Å². The highest BCUT2D eigenvalue weighted by Crippen LogP contribution is 2.28. The first-order chi connectivity index (χ1) is 6.42. The molecule has 0 saturated carbocycles. The van der Waals surface area contributed by atoms with Gasteiger partial charge >= 0.3 is 0 Å². The van der Waals surface area contributed by atoms with Crippen LogP contribution in [0.15, 0.2) is 29.6 Å². The zero-order chi connectivity index (χ0) is 9.10. The molecular formula is C10H11NOS. The molecule has 0 atom stereocenters. The second kappa shape index (κ2) is 3.77. The van der Waals surface area contributed by atoms with Crippen LogP contribution in [0.25, 0.3) is 10.1 Å². The lowest BCUT2D eigenvalue weighted by atomic mass is 10.2. The van der Waals surface area contributed by atoms with Crippen molar-refractivity contribution >= 4 is 27.1 Å². The lowest BCUT2D eigenvalue weighted by Crippen LogP contribution is -2.04. The van der Waals surface area contributed by atoms with Gasteiger partial charge in [-0.05, 0) is 22.9 Å². The molecule has 3 heteroatoms. The Labute approximate surface area is 80.8 Å². The van der Waals surface area contributed by atoms with Crippen LogP contribution in [0.2, 0.25) is 0 Å². The minimum atomic E-state index is 0.168.